The second-order valence-electron chi connectivity index (χ2n) is 6.25. The van der Waals surface area contributed by atoms with Gasteiger partial charge in [-0.25, -0.2) is 0 Å². The van der Waals surface area contributed by atoms with E-state index in [1.54, 1.807) is 29.2 Å². The number of likely N-dealkylation sites (tertiary alicyclic amines) is 1. The Labute approximate surface area is 142 Å². The summed E-state index contributed by atoms with van der Waals surface area (Å²) in [4.78, 5) is 42.4. The molecule has 0 spiro atoms. The van der Waals surface area contributed by atoms with E-state index in [1.807, 2.05) is 0 Å². The van der Waals surface area contributed by atoms with E-state index in [-0.39, 0.29) is 24.3 Å². The summed E-state index contributed by atoms with van der Waals surface area (Å²) in [5.41, 5.74) is 0.774. The van der Waals surface area contributed by atoms with E-state index in [4.69, 9.17) is 0 Å². The van der Waals surface area contributed by atoms with Crippen molar-refractivity contribution in [3.63, 3.8) is 0 Å². The van der Waals surface area contributed by atoms with E-state index in [2.05, 4.69) is 18.7 Å². The molecule has 1 aromatic rings. The van der Waals surface area contributed by atoms with Crippen LogP contribution in [0.2, 0.25) is 0 Å². The minimum absolute atomic E-state index is 0.154. The zero-order valence-corrected chi connectivity index (χ0v) is 14.2. The van der Waals surface area contributed by atoms with Crippen LogP contribution in [0, 0.1) is 0 Å². The van der Waals surface area contributed by atoms with Gasteiger partial charge in [0.05, 0.1) is 11.1 Å². The monoisotopic (exact) mass is 329 g/mol. The number of fused-ring (bicyclic) bond motifs is 1. The Balaban J connectivity index is 1.65. The quantitative estimate of drug-likeness (QED) is 0.762. The molecule has 1 aromatic carbocycles. The van der Waals surface area contributed by atoms with Gasteiger partial charge in [-0.3, -0.25) is 24.2 Å². The third-order valence-corrected chi connectivity index (χ3v) is 5.02. The Morgan fingerprint density at radius 2 is 1.71 bits per heavy atom. The molecule has 1 unspecified atom stereocenters. The minimum atomic E-state index is -0.372. The molecule has 6 nitrogen and oxygen atoms in total. The molecule has 0 aromatic heterocycles. The van der Waals surface area contributed by atoms with E-state index in [0.29, 0.717) is 30.3 Å². The summed E-state index contributed by atoms with van der Waals surface area (Å²) < 4.78 is 0. The largest absolute Gasteiger partial charge is 0.340 e. The Morgan fingerprint density at radius 1 is 1.12 bits per heavy atom. The van der Waals surface area contributed by atoms with Crippen molar-refractivity contribution in [2.45, 2.75) is 26.3 Å². The van der Waals surface area contributed by atoms with Crippen LogP contribution < -0.4 is 0 Å². The van der Waals surface area contributed by atoms with Crippen LogP contribution in [0.15, 0.2) is 24.3 Å². The molecular formula is C18H23N3O3. The van der Waals surface area contributed by atoms with Crippen LogP contribution in [0.1, 0.15) is 41.0 Å². The Bertz CT molecular complexity index is 634. The summed E-state index contributed by atoms with van der Waals surface area (Å²) in [6.45, 7) is 7.34. The van der Waals surface area contributed by atoms with E-state index in [1.165, 1.54) is 0 Å². The van der Waals surface area contributed by atoms with Crippen molar-refractivity contribution in [2.75, 3.05) is 32.7 Å². The van der Waals surface area contributed by atoms with Gasteiger partial charge in [-0.2, -0.15) is 0 Å². The molecule has 1 atom stereocenters. The Hall–Kier alpha value is -2.21. The van der Waals surface area contributed by atoms with Crippen molar-refractivity contribution in [1.82, 2.24) is 14.7 Å². The number of rotatable bonds is 5. The molecule has 3 amide bonds. The van der Waals surface area contributed by atoms with Crippen molar-refractivity contribution in [1.29, 1.82) is 0 Å². The van der Waals surface area contributed by atoms with Gasteiger partial charge in [-0.15, -0.1) is 0 Å². The SMILES string of the molecule is CCN(CC)C1CCN(C(=O)CN2C(=O)c3ccccc3C2=O)C1. The summed E-state index contributed by atoms with van der Waals surface area (Å²) in [7, 11) is 0. The van der Waals surface area contributed by atoms with Gasteiger partial charge < -0.3 is 4.90 Å². The number of carbonyl (C=O) groups excluding carboxylic acids is 3. The molecule has 2 aliphatic rings. The average molecular weight is 329 g/mol. The number of hydrogen-bond donors (Lipinski definition) is 0. The normalized spacial score (nSPS) is 20.2. The van der Waals surface area contributed by atoms with Crippen LogP contribution in [-0.4, -0.2) is 71.2 Å². The summed E-state index contributed by atoms with van der Waals surface area (Å²) in [6, 6.07) is 7.08. The number of likely N-dealkylation sites (N-methyl/N-ethyl adjacent to an activating group) is 1. The molecule has 128 valence electrons. The number of imide groups is 1. The van der Waals surface area contributed by atoms with Crippen LogP contribution in [-0.2, 0) is 4.79 Å². The summed E-state index contributed by atoms with van der Waals surface area (Å²) >= 11 is 0. The first-order chi connectivity index (χ1) is 11.6. The van der Waals surface area contributed by atoms with Crippen LogP contribution in [0.4, 0.5) is 0 Å². The number of amides is 3. The molecular weight excluding hydrogens is 306 g/mol. The minimum Gasteiger partial charge on any atom is -0.340 e. The van der Waals surface area contributed by atoms with Gasteiger partial charge in [0.25, 0.3) is 11.8 Å². The fourth-order valence-corrected chi connectivity index (χ4v) is 3.62. The van der Waals surface area contributed by atoms with Crippen molar-refractivity contribution >= 4 is 17.7 Å². The smallest absolute Gasteiger partial charge is 0.262 e. The van der Waals surface area contributed by atoms with E-state index in [0.717, 1.165) is 24.4 Å². The van der Waals surface area contributed by atoms with Gasteiger partial charge in [0.2, 0.25) is 5.91 Å². The fraction of sp³-hybridized carbons (Fsp3) is 0.500. The number of carbonyl (C=O) groups is 3. The lowest BCUT2D eigenvalue weighted by atomic mass is 10.1. The van der Waals surface area contributed by atoms with E-state index < -0.39 is 0 Å². The van der Waals surface area contributed by atoms with Gasteiger partial charge in [-0.05, 0) is 31.6 Å². The maximum Gasteiger partial charge on any atom is 0.262 e. The van der Waals surface area contributed by atoms with Gasteiger partial charge >= 0.3 is 0 Å². The third kappa shape index (κ3) is 2.82. The van der Waals surface area contributed by atoms with Gasteiger partial charge in [0.1, 0.15) is 6.54 Å². The zero-order chi connectivity index (χ0) is 17.3. The van der Waals surface area contributed by atoms with Crippen molar-refractivity contribution in [2.24, 2.45) is 0 Å². The highest BCUT2D eigenvalue weighted by Crippen LogP contribution is 2.23. The second kappa shape index (κ2) is 6.73. The summed E-state index contributed by atoms with van der Waals surface area (Å²) in [5, 5.41) is 0. The highest BCUT2D eigenvalue weighted by atomic mass is 16.2. The highest BCUT2D eigenvalue weighted by molar-refractivity contribution is 6.22. The lowest BCUT2D eigenvalue weighted by Gasteiger charge is -2.26. The standard InChI is InChI=1S/C18H23N3O3/c1-3-19(4-2)13-9-10-20(11-13)16(22)12-21-17(23)14-7-5-6-8-15(14)18(21)24/h5-8,13H,3-4,9-12H2,1-2H3. The first-order valence-electron chi connectivity index (χ1n) is 8.53. The predicted molar refractivity (Wildman–Crippen MR) is 89.7 cm³/mol. The first-order valence-corrected chi connectivity index (χ1v) is 8.53. The van der Waals surface area contributed by atoms with Crippen LogP contribution in [0.25, 0.3) is 0 Å². The van der Waals surface area contributed by atoms with Gasteiger partial charge in [0.15, 0.2) is 0 Å². The van der Waals surface area contributed by atoms with Crippen LogP contribution in [0.3, 0.4) is 0 Å². The van der Waals surface area contributed by atoms with E-state index in [9.17, 15) is 14.4 Å². The lowest BCUT2D eigenvalue weighted by Crippen LogP contribution is -2.43. The maximum atomic E-state index is 12.5. The number of hydrogen-bond acceptors (Lipinski definition) is 4. The Kier molecular flexibility index (Phi) is 4.66. The number of benzene rings is 1. The number of nitrogens with zero attached hydrogens (tertiary/aromatic N) is 3. The molecule has 3 rings (SSSR count). The molecule has 0 aliphatic carbocycles. The highest BCUT2D eigenvalue weighted by Gasteiger charge is 2.38. The summed E-state index contributed by atoms with van der Waals surface area (Å²) in [5.74, 6) is -0.897. The predicted octanol–water partition coefficient (Wildman–Crippen LogP) is 1.23. The van der Waals surface area contributed by atoms with Crippen LogP contribution in [0.5, 0.6) is 0 Å². The average Bonchev–Trinajstić information content (AvgIpc) is 3.17. The topological polar surface area (TPSA) is 60.9 Å². The molecule has 1 saturated heterocycles. The summed E-state index contributed by atoms with van der Waals surface area (Å²) in [6.07, 6.45) is 0.940. The molecule has 6 heteroatoms. The van der Waals surface area contributed by atoms with Crippen LogP contribution >= 0.6 is 0 Å². The molecule has 0 bridgehead atoms. The van der Waals surface area contributed by atoms with Crippen molar-refractivity contribution in [3.05, 3.63) is 35.4 Å². The molecule has 0 radical (unpaired) electrons. The second-order valence-corrected chi connectivity index (χ2v) is 6.25. The molecule has 0 saturated carbocycles. The molecule has 0 N–H and O–H groups in total. The Morgan fingerprint density at radius 3 is 2.25 bits per heavy atom. The molecule has 1 fully saturated rings. The molecule has 24 heavy (non-hydrogen) atoms. The molecule has 2 aliphatic heterocycles. The van der Waals surface area contributed by atoms with Gasteiger partial charge in [-0.1, -0.05) is 26.0 Å². The lowest BCUT2D eigenvalue weighted by molar-refractivity contribution is -0.130. The fourth-order valence-electron chi connectivity index (χ4n) is 3.62. The first kappa shape index (κ1) is 16.6. The van der Waals surface area contributed by atoms with Gasteiger partial charge in [0, 0.05) is 19.1 Å². The zero-order valence-electron chi connectivity index (χ0n) is 14.2. The third-order valence-electron chi connectivity index (χ3n) is 5.02. The molecule has 2 heterocycles. The maximum absolute atomic E-state index is 12.5. The van der Waals surface area contributed by atoms with Crippen molar-refractivity contribution in [3.8, 4) is 0 Å². The van der Waals surface area contributed by atoms with Crippen molar-refractivity contribution < 1.29 is 14.4 Å². The van der Waals surface area contributed by atoms with E-state index >= 15 is 0 Å².